The molecule has 1 aliphatic heterocycles. The molecule has 8 heteroatoms. The van der Waals surface area contributed by atoms with Crippen molar-refractivity contribution in [3.8, 4) is 0 Å². The average molecular weight is 410 g/mol. The molecule has 1 amide bonds. The normalized spacial score (nSPS) is 17.9. The number of hydrogen-bond acceptors (Lipinski definition) is 5. The molecule has 3 N–H and O–H groups in total. The number of hydrogen-bond donors (Lipinski definition) is 3. The summed E-state index contributed by atoms with van der Waals surface area (Å²) in [5, 5.41) is 7.23. The number of H-pyrrole nitrogens is 1. The van der Waals surface area contributed by atoms with Crippen LogP contribution in [0, 0.1) is 0 Å². The molecule has 136 valence electrons. The van der Waals surface area contributed by atoms with Crippen LogP contribution in [-0.2, 0) is 9.53 Å². The fourth-order valence-corrected chi connectivity index (χ4v) is 3.81. The van der Waals surface area contributed by atoms with E-state index in [0.29, 0.717) is 12.6 Å². The molecule has 0 saturated carbocycles. The van der Waals surface area contributed by atoms with E-state index in [1.165, 1.54) is 6.42 Å². The van der Waals surface area contributed by atoms with Crippen molar-refractivity contribution >= 4 is 44.2 Å². The van der Waals surface area contributed by atoms with Crippen LogP contribution in [0.3, 0.4) is 0 Å². The third-order valence-corrected chi connectivity index (χ3v) is 5.07. The molecule has 0 unspecified atom stereocenters. The summed E-state index contributed by atoms with van der Waals surface area (Å²) in [7, 11) is 2.00. The predicted molar refractivity (Wildman–Crippen MR) is 103 cm³/mol. The zero-order valence-corrected chi connectivity index (χ0v) is 16.1. The fraction of sp³-hybridized carbons (Fsp3) is 0.529. The van der Waals surface area contributed by atoms with E-state index < -0.39 is 0 Å². The number of nitrogens with zero attached hydrogens (tertiary/aromatic N) is 2. The van der Waals surface area contributed by atoms with Crippen molar-refractivity contribution in [1.29, 1.82) is 0 Å². The highest BCUT2D eigenvalue weighted by Gasteiger charge is 2.24. The molecule has 2 aromatic heterocycles. The molecule has 2 aromatic rings. The summed E-state index contributed by atoms with van der Waals surface area (Å²) in [5.74, 6) is -0.166. The summed E-state index contributed by atoms with van der Waals surface area (Å²) in [5.41, 5.74) is 2.56. The number of ether oxygens (including phenoxy) is 1. The Morgan fingerprint density at radius 3 is 3.16 bits per heavy atom. The van der Waals surface area contributed by atoms with Gasteiger partial charge in [0.1, 0.15) is 12.3 Å². The van der Waals surface area contributed by atoms with Crippen LogP contribution in [0.15, 0.2) is 16.9 Å². The first-order chi connectivity index (χ1) is 12.1. The number of carbonyl (C=O) groups is 1. The minimum Gasteiger partial charge on any atom is -0.372 e. The molecule has 3 heterocycles. The predicted octanol–water partition coefficient (Wildman–Crippen LogP) is 2.49. The van der Waals surface area contributed by atoms with Crippen molar-refractivity contribution in [3.63, 3.8) is 0 Å². The van der Waals surface area contributed by atoms with Crippen LogP contribution in [0.4, 0.5) is 11.4 Å². The zero-order chi connectivity index (χ0) is 17.8. The second-order valence-electron chi connectivity index (χ2n) is 6.14. The number of carbonyl (C=O) groups excluding carboxylic acids is 1. The number of fused-ring (bicyclic) bond motifs is 1. The molecule has 25 heavy (non-hydrogen) atoms. The minimum atomic E-state index is -0.166. The number of likely N-dealkylation sites (N-methyl/N-ethyl adjacent to an activating group) is 1. The van der Waals surface area contributed by atoms with E-state index in [0.717, 1.165) is 46.4 Å². The van der Waals surface area contributed by atoms with Crippen molar-refractivity contribution in [2.24, 2.45) is 0 Å². The summed E-state index contributed by atoms with van der Waals surface area (Å²) in [6, 6.07) is 0.457. The number of rotatable bonds is 6. The lowest BCUT2D eigenvalue weighted by molar-refractivity contribution is -0.120. The van der Waals surface area contributed by atoms with E-state index >= 15 is 0 Å². The second-order valence-corrected chi connectivity index (χ2v) is 6.99. The Labute approximate surface area is 155 Å². The Morgan fingerprint density at radius 1 is 1.56 bits per heavy atom. The van der Waals surface area contributed by atoms with E-state index in [1.807, 2.05) is 20.2 Å². The summed E-state index contributed by atoms with van der Waals surface area (Å²) in [6.45, 7) is 4.33. The van der Waals surface area contributed by atoms with Gasteiger partial charge in [-0.15, -0.1) is 0 Å². The van der Waals surface area contributed by atoms with E-state index in [-0.39, 0.29) is 12.5 Å². The van der Waals surface area contributed by atoms with E-state index in [9.17, 15) is 4.79 Å². The average Bonchev–Trinajstić information content (AvgIpc) is 3.02. The van der Waals surface area contributed by atoms with Gasteiger partial charge in [0, 0.05) is 38.1 Å². The van der Waals surface area contributed by atoms with Gasteiger partial charge in [-0.3, -0.25) is 4.79 Å². The van der Waals surface area contributed by atoms with Gasteiger partial charge in [0.05, 0.1) is 21.2 Å². The van der Waals surface area contributed by atoms with E-state index in [1.54, 1.807) is 6.20 Å². The highest BCUT2D eigenvalue weighted by Crippen LogP contribution is 2.38. The number of nitrogens with one attached hydrogen (secondary N) is 3. The van der Waals surface area contributed by atoms with Crippen molar-refractivity contribution in [3.05, 3.63) is 16.9 Å². The number of halogens is 1. The van der Waals surface area contributed by atoms with Crippen LogP contribution < -0.4 is 15.5 Å². The monoisotopic (exact) mass is 409 g/mol. The summed E-state index contributed by atoms with van der Waals surface area (Å²) in [6.07, 6.45) is 5.89. The summed E-state index contributed by atoms with van der Waals surface area (Å²) < 4.78 is 6.12. The Kier molecular flexibility index (Phi) is 5.93. The molecule has 0 radical (unpaired) electrons. The summed E-state index contributed by atoms with van der Waals surface area (Å²) >= 11 is 3.65. The number of aromatic amines is 1. The number of aromatic nitrogens is 2. The molecular weight excluding hydrogens is 386 g/mol. The van der Waals surface area contributed by atoms with Gasteiger partial charge in [-0.1, -0.05) is 0 Å². The Hall–Kier alpha value is -1.64. The molecule has 0 aromatic carbocycles. The lowest BCUT2D eigenvalue weighted by Gasteiger charge is -2.35. The van der Waals surface area contributed by atoms with E-state index in [2.05, 4.69) is 41.4 Å². The topological polar surface area (TPSA) is 82.3 Å². The minimum absolute atomic E-state index is 0.0471. The lowest BCUT2D eigenvalue weighted by atomic mass is 10.0. The highest BCUT2D eigenvalue weighted by molar-refractivity contribution is 9.10. The maximum absolute atomic E-state index is 12.1. The molecule has 1 fully saturated rings. The molecule has 1 aliphatic rings. The van der Waals surface area contributed by atoms with Crippen LogP contribution in [0.2, 0.25) is 0 Å². The molecular formula is C17H24BrN5O2. The van der Waals surface area contributed by atoms with Gasteiger partial charge in [-0.05, 0) is 42.7 Å². The zero-order valence-electron chi connectivity index (χ0n) is 14.6. The van der Waals surface area contributed by atoms with Gasteiger partial charge < -0.3 is 25.3 Å². The molecule has 7 nitrogen and oxygen atoms in total. The molecule has 1 atom stereocenters. The van der Waals surface area contributed by atoms with Gasteiger partial charge >= 0.3 is 0 Å². The van der Waals surface area contributed by atoms with Crippen LogP contribution in [0.1, 0.15) is 19.8 Å². The van der Waals surface area contributed by atoms with Gasteiger partial charge in [0.2, 0.25) is 5.91 Å². The number of anilines is 2. The summed E-state index contributed by atoms with van der Waals surface area (Å²) in [4.78, 5) is 22.0. The third-order valence-electron chi connectivity index (χ3n) is 4.49. The maximum atomic E-state index is 12.1. The maximum Gasteiger partial charge on any atom is 0.250 e. The van der Waals surface area contributed by atoms with Crippen LogP contribution in [0.5, 0.6) is 0 Å². The first kappa shape index (κ1) is 18.2. The fourth-order valence-electron chi connectivity index (χ4n) is 3.26. The Bertz CT molecular complexity index is 748. The van der Waals surface area contributed by atoms with Crippen LogP contribution in [0.25, 0.3) is 11.0 Å². The Morgan fingerprint density at radius 2 is 2.40 bits per heavy atom. The van der Waals surface area contributed by atoms with Crippen molar-refractivity contribution in [2.75, 3.05) is 43.6 Å². The molecule has 1 saturated heterocycles. The van der Waals surface area contributed by atoms with Gasteiger partial charge in [0.15, 0.2) is 0 Å². The standard InChI is InChI=1S/C17H24BrN5O2/c1-3-25-10-14(24)22-13-8-21-17-15(13)16(12(18)7-20-17)23-6-4-5-11(9-23)19-2/h7-8,11,19H,3-6,9-10H2,1-2H3,(H,20,21)(H,22,24)/t11-/m1/s1. The highest BCUT2D eigenvalue weighted by atomic mass is 79.9. The molecule has 0 bridgehead atoms. The third kappa shape index (κ3) is 3.96. The molecule has 0 aliphatic carbocycles. The van der Waals surface area contributed by atoms with Gasteiger partial charge in [0.25, 0.3) is 0 Å². The Balaban J connectivity index is 1.95. The van der Waals surface area contributed by atoms with Crippen LogP contribution in [-0.4, -0.2) is 55.3 Å². The SMILES string of the molecule is CCOCC(=O)Nc1c[nH]c2ncc(Br)c(N3CCC[C@@H](NC)C3)c12. The van der Waals surface area contributed by atoms with Crippen molar-refractivity contribution in [2.45, 2.75) is 25.8 Å². The van der Waals surface area contributed by atoms with Crippen molar-refractivity contribution in [1.82, 2.24) is 15.3 Å². The van der Waals surface area contributed by atoms with Gasteiger partial charge in [-0.25, -0.2) is 4.98 Å². The quantitative estimate of drug-likeness (QED) is 0.682. The number of amides is 1. The second kappa shape index (κ2) is 8.16. The smallest absolute Gasteiger partial charge is 0.250 e. The first-order valence-electron chi connectivity index (χ1n) is 8.59. The molecule has 3 rings (SSSR count). The van der Waals surface area contributed by atoms with Crippen LogP contribution >= 0.6 is 15.9 Å². The number of piperidine rings is 1. The molecule has 0 spiro atoms. The first-order valence-corrected chi connectivity index (χ1v) is 9.38. The lowest BCUT2D eigenvalue weighted by Crippen LogP contribution is -2.44. The van der Waals surface area contributed by atoms with Gasteiger partial charge in [-0.2, -0.15) is 0 Å². The number of pyridine rings is 1. The van der Waals surface area contributed by atoms with E-state index in [4.69, 9.17) is 4.74 Å². The largest absolute Gasteiger partial charge is 0.372 e. The van der Waals surface area contributed by atoms with Crippen molar-refractivity contribution < 1.29 is 9.53 Å².